The van der Waals surface area contributed by atoms with E-state index >= 15 is 0 Å². The number of rotatable bonds is 4. The van der Waals surface area contributed by atoms with Crippen LogP contribution >= 0.6 is 24.0 Å². The minimum absolute atomic E-state index is 0. The van der Waals surface area contributed by atoms with Crippen molar-refractivity contribution in [3.8, 4) is 0 Å². The molecule has 0 bridgehead atoms. The number of aliphatic imine (C=N–C) groups is 1. The number of carbonyl (C=O) groups excluding carboxylic acids is 1. The molecule has 0 aromatic heterocycles. The first-order chi connectivity index (χ1) is 11.5. The highest BCUT2D eigenvalue weighted by atomic mass is 127. The van der Waals surface area contributed by atoms with Crippen LogP contribution in [0.2, 0.25) is 0 Å². The Bertz CT molecular complexity index is 596. The Morgan fingerprint density at radius 1 is 1.32 bits per heavy atom. The molecule has 1 aromatic rings. The van der Waals surface area contributed by atoms with Crippen molar-refractivity contribution in [2.24, 2.45) is 10.9 Å². The van der Waals surface area contributed by atoms with Gasteiger partial charge in [0.1, 0.15) is 0 Å². The summed E-state index contributed by atoms with van der Waals surface area (Å²) >= 11 is 0. The first kappa shape index (κ1) is 21.7. The van der Waals surface area contributed by atoms with Crippen molar-refractivity contribution >= 4 is 35.9 Å². The van der Waals surface area contributed by atoms with Crippen molar-refractivity contribution in [3.05, 3.63) is 34.9 Å². The van der Waals surface area contributed by atoms with Crippen LogP contribution in [-0.2, 0) is 16.1 Å². The summed E-state index contributed by atoms with van der Waals surface area (Å²) in [6, 6.07) is 6.50. The summed E-state index contributed by atoms with van der Waals surface area (Å²) in [7, 11) is 1.81. The molecule has 0 atom stereocenters. The predicted molar refractivity (Wildman–Crippen MR) is 112 cm³/mol. The van der Waals surface area contributed by atoms with Crippen LogP contribution in [0.3, 0.4) is 0 Å². The zero-order valence-corrected chi connectivity index (χ0v) is 18.0. The molecule has 1 aliphatic heterocycles. The number of halogens is 1. The summed E-state index contributed by atoms with van der Waals surface area (Å²) in [6.45, 7) is 8.97. The summed E-state index contributed by atoms with van der Waals surface area (Å²) < 4.78 is 5.13. The van der Waals surface area contributed by atoms with Gasteiger partial charge in [-0.1, -0.05) is 23.8 Å². The van der Waals surface area contributed by atoms with E-state index in [9.17, 15) is 4.79 Å². The predicted octanol–water partition coefficient (Wildman–Crippen LogP) is 3.27. The van der Waals surface area contributed by atoms with Gasteiger partial charge in [0.15, 0.2) is 5.96 Å². The molecule has 1 saturated heterocycles. The Hall–Kier alpha value is -1.31. The second kappa shape index (κ2) is 10.6. The number of esters is 1. The van der Waals surface area contributed by atoms with E-state index in [-0.39, 0.29) is 35.9 Å². The highest BCUT2D eigenvalue weighted by molar-refractivity contribution is 14.0. The van der Waals surface area contributed by atoms with Crippen LogP contribution in [0, 0.1) is 19.8 Å². The number of carbonyl (C=O) groups is 1. The lowest BCUT2D eigenvalue weighted by Crippen LogP contribution is -2.46. The van der Waals surface area contributed by atoms with Crippen LogP contribution < -0.4 is 5.32 Å². The summed E-state index contributed by atoms with van der Waals surface area (Å²) in [6.07, 6.45) is 1.65. The minimum Gasteiger partial charge on any atom is -0.466 e. The maximum atomic E-state index is 11.8. The highest BCUT2D eigenvalue weighted by Gasteiger charge is 2.27. The molecule has 1 N–H and O–H groups in total. The van der Waals surface area contributed by atoms with E-state index in [2.05, 4.69) is 47.3 Å². The zero-order chi connectivity index (χ0) is 17.5. The summed E-state index contributed by atoms with van der Waals surface area (Å²) in [5.74, 6) is 0.867. The zero-order valence-electron chi connectivity index (χ0n) is 15.7. The Morgan fingerprint density at radius 3 is 2.56 bits per heavy atom. The van der Waals surface area contributed by atoms with Crippen molar-refractivity contribution in [3.63, 3.8) is 0 Å². The number of benzene rings is 1. The lowest BCUT2D eigenvalue weighted by Gasteiger charge is -2.33. The molecule has 140 valence electrons. The maximum Gasteiger partial charge on any atom is 0.309 e. The first-order valence-corrected chi connectivity index (χ1v) is 8.73. The van der Waals surface area contributed by atoms with E-state index in [1.165, 1.54) is 16.7 Å². The van der Waals surface area contributed by atoms with E-state index in [1.807, 2.05) is 14.0 Å². The molecule has 0 aliphatic carbocycles. The summed E-state index contributed by atoms with van der Waals surface area (Å²) in [5, 5.41) is 3.44. The van der Waals surface area contributed by atoms with E-state index in [0.29, 0.717) is 6.61 Å². The second-order valence-corrected chi connectivity index (χ2v) is 6.34. The van der Waals surface area contributed by atoms with Gasteiger partial charge in [0.2, 0.25) is 0 Å². The van der Waals surface area contributed by atoms with Gasteiger partial charge in [-0.15, -0.1) is 24.0 Å². The van der Waals surface area contributed by atoms with Gasteiger partial charge in [-0.05, 0) is 44.7 Å². The van der Waals surface area contributed by atoms with E-state index in [0.717, 1.165) is 38.4 Å². The topological polar surface area (TPSA) is 53.9 Å². The number of hydrogen-bond donors (Lipinski definition) is 1. The number of nitrogens with zero attached hydrogens (tertiary/aromatic N) is 2. The fourth-order valence-electron chi connectivity index (χ4n) is 3.14. The highest BCUT2D eigenvalue weighted by Crippen LogP contribution is 2.19. The van der Waals surface area contributed by atoms with Crippen LogP contribution in [0.5, 0.6) is 0 Å². The standard InChI is InChI=1S/C19H29N3O2.HI/c1-5-24-18(23)16-8-10-22(11-9-16)19(20-4)21-13-17-7-6-14(2)12-15(17)3;/h6-7,12,16H,5,8-11,13H2,1-4H3,(H,20,21);1H. The Labute approximate surface area is 168 Å². The molecule has 1 aliphatic rings. The molecule has 0 saturated carbocycles. The maximum absolute atomic E-state index is 11.8. The number of nitrogens with one attached hydrogen (secondary N) is 1. The Balaban J connectivity index is 0.00000312. The molecule has 5 nitrogen and oxygen atoms in total. The van der Waals surface area contributed by atoms with Crippen LogP contribution in [0.25, 0.3) is 0 Å². The third-order valence-electron chi connectivity index (χ3n) is 4.56. The van der Waals surface area contributed by atoms with E-state index < -0.39 is 0 Å². The van der Waals surface area contributed by atoms with Gasteiger partial charge in [-0.3, -0.25) is 9.79 Å². The Morgan fingerprint density at radius 2 is 2.00 bits per heavy atom. The molecule has 0 unspecified atom stereocenters. The van der Waals surface area contributed by atoms with Gasteiger partial charge in [0.25, 0.3) is 0 Å². The minimum atomic E-state index is -0.0598. The van der Waals surface area contributed by atoms with Crippen LogP contribution in [0.1, 0.15) is 36.5 Å². The smallest absolute Gasteiger partial charge is 0.309 e. The number of piperidine rings is 1. The van der Waals surface area contributed by atoms with Crippen LogP contribution in [0.4, 0.5) is 0 Å². The molecule has 25 heavy (non-hydrogen) atoms. The van der Waals surface area contributed by atoms with Crippen molar-refractivity contribution in [1.29, 1.82) is 0 Å². The van der Waals surface area contributed by atoms with Gasteiger partial charge in [-0.25, -0.2) is 0 Å². The molecule has 2 rings (SSSR count). The van der Waals surface area contributed by atoms with Gasteiger partial charge in [0, 0.05) is 26.7 Å². The quantitative estimate of drug-likeness (QED) is 0.325. The number of ether oxygens (including phenoxy) is 1. The normalized spacial score (nSPS) is 15.5. The van der Waals surface area contributed by atoms with Crippen molar-refractivity contribution in [1.82, 2.24) is 10.2 Å². The monoisotopic (exact) mass is 459 g/mol. The largest absolute Gasteiger partial charge is 0.466 e. The molecule has 1 fully saturated rings. The van der Waals surface area contributed by atoms with E-state index in [1.54, 1.807) is 0 Å². The number of hydrogen-bond acceptors (Lipinski definition) is 3. The average molecular weight is 459 g/mol. The van der Waals surface area contributed by atoms with Crippen LogP contribution in [0.15, 0.2) is 23.2 Å². The number of guanidine groups is 1. The second-order valence-electron chi connectivity index (χ2n) is 6.34. The summed E-state index contributed by atoms with van der Waals surface area (Å²) in [4.78, 5) is 18.5. The van der Waals surface area contributed by atoms with Gasteiger partial charge < -0.3 is 15.0 Å². The molecular formula is C19H30IN3O2. The number of aryl methyl sites for hydroxylation is 2. The van der Waals surface area contributed by atoms with Crippen molar-refractivity contribution in [2.45, 2.75) is 40.2 Å². The van der Waals surface area contributed by atoms with Gasteiger partial charge in [-0.2, -0.15) is 0 Å². The fraction of sp³-hybridized carbons (Fsp3) is 0.579. The summed E-state index contributed by atoms with van der Waals surface area (Å²) in [5.41, 5.74) is 3.85. The number of likely N-dealkylation sites (tertiary alicyclic amines) is 1. The van der Waals surface area contributed by atoms with Crippen molar-refractivity contribution in [2.75, 3.05) is 26.7 Å². The van der Waals surface area contributed by atoms with E-state index in [4.69, 9.17) is 4.74 Å². The van der Waals surface area contributed by atoms with Crippen LogP contribution in [-0.4, -0.2) is 43.6 Å². The fourth-order valence-corrected chi connectivity index (χ4v) is 3.14. The third-order valence-corrected chi connectivity index (χ3v) is 4.56. The first-order valence-electron chi connectivity index (χ1n) is 8.73. The lowest BCUT2D eigenvalue weighted by atomic mass is 9.97. The Kier molecular flexibility index (Phi) is 9.24. The molecule has 0 spiro atoms. The SMILES string of the molecule is CCOC(=O)C1CCN(C(=NC)NCc2ccc(C)cc2C)CC1.I. The molecular weight excluding hydrogens is 429 g/mol. The molecule has 1 heterocycles. The molecule has 6 heteroatoms. The van der Waals surface area contributed by atoms with Crippen molar-refractivity contribution < 1.29 is 9.53 Å². The lowest BCUT2D eigenvalue weighted by molar-refractivity contribution is -0.149. The molecule has 0 radical (unpaired) electrons. The molecule has 1 aromatic carbocycles. The average Bonchev–Trinajstić information content (AvgIpc) is 2.58. The van der Waals surface area contributed by atoms with Gasteiger partial charge in [0.05, 0.1) is 12.5 Å². The third kappa shape index (κ3) is 6.17. The molecule has 0 amide bonds. The van der Waals surface area contributed by atoms with Gasteiger partial charge >= 0.3 is 5.97 Å².